The molecule has 0 saturated carbocycles. The second kappa shape index (κ2) is 10.6. The van der Waals surface area contributed by atoms with Gasteiger partial charge in [0.25, 0.3) is 5.91 Å². The Labute approximate surface area is 171 Å². The van der Waals surface area contributed by atoms with Crippen LogP contribution in [-0.2, 0) is 9.59 Å². The third-order valence-electron chi connectivity index (χ3n) is 3.79. The average molecular weight is 413 g/mol. The minimum absolute atomic E-state index is 0.0537. The standard InChI is InChI=1S/C22H20FNO6/c1-3-4-8-17-14(2)19(29-13-20(25)24-12-21(26)27)10-9-18(17)22(28)30-16-7-5-6-15(23)11-16/h3-11H,2,12-13H2,1H3,(H,24,25)(H,26,27)/b4-3-,17-8+. The van der Waals surface area contributed by atoms with Crippen LogP contribution < -0.4 is 25.2 Å². The minimum Gasteiger partial charge on any atom is -0.483 e. The molecule has 0 aliphatic carbocycles. The summed E-state index contributed by atoms with van der Waals surface area (Å²) in [5.41, 5.74) is 0.171. The van der Waals surface area contributed by atoms with Gasteiger partial charge in [-0.2, -0.15) is 0 Å². The van der Waals surface area contributed by atoms with Crippen molar-refractivity contribution in [2.75, 3.05) is 13.2 Å². The van der Waals surface area contributed by atoms with Gasteiger partial charge in [0.1, 0.15) is 23.9 Å². The van der Waals surface area contributed by atoms with Crippen LogP contribution >= 0.6 is 0 Å². The Balaban J connectivity index is 2.28. The van der Waals surface area contributed by atoms with Crippen LogP contribution in [0.25, 0.3) is 12.7 Å². The maximum atomic E-state index is 13.3. The number of ether oxygens (including phenoxy) is 2. The van der Waals surface area contributed by atoms with Crippen LogP contribution in [-0.4, -0.2) is 36.1 Å². The topological polar surface area (TPSA) is 102 Å². The predicted molar refractivity (Wildman–Crippen MR) is 108 cm³/mol. The monoisotopic (exact) mass is 413 g/mol. The van der Waals surface area contributed by atoms with Crippen molar-refractivity contribution in [3.8, 4) is 11.5 Å². The number of carboxylic acids is 1. The van der Waals surface area contributed by atoms with E-state index in [9.17, 15) is 18.8 Å². The highest BCUT2D eigenvalue weighted by molar-refractivity contribution is 5.92. The fourth-order valence-electron chi connectivity index (χ4n) is 2.40. The van der Waals surface area contributed by atoms with E-state index in [2.05, 4.69) is 11.9 Å². The van der Waals surface area contributed by atoms with Crippen molar-refractivity contribution in [1.82, 2.24) is 5.32 Å². The van der Waals surface area contributed by atoms with E-state index in [-0.39, 0.29) is 17.1 Å². The van der Waals surface area contributed by atoms with Crippen LogP contribution in [0.15, 0.2) is 48.6 Å². The molecule has 0 unspecified atom stereocenters. The van der Waals surface area contributed by atoms with Gasteiger partial charge in [-0.05, 0) is 36.4 Å². The average Bonchev–Trinajstić information content (AvgIpc) is 2.70. The second-order valence-electron chi connectivity index (χ2n) is 6.00. The Kier molecular flexibility index (Phi) is 7.87. The van der Waals surface area contributed by atoms with Crippen molar-refractivity contribution < 1.29 is 33.4 Å². The van der Waals surface area contributed by atoms with Gasteiger partial charge in [-0.1, -0.05) is 30.9 Å². The molecule has 0 aromatic heterocycles. The second-order valence-corrected chi connectivity index (χ2v) is 6.00. The number of aliphatic carboxylic acids is 1. The van der Waals surface area contributed by atoms with Crippen LogP contribution in [0.2, 0.25) is 0 Å². The van der Waals surface area contributed by atoms with Crippen LogP contribution in [0.4, 0.5) is 4.39 Å². The van der Waals surface area contributed by atoms with Gasteiger partial charge < -0.3 is 19.9 Å². The van der Waals surface area contributed by atoms with Crippen LogP contribution in [0, 0.1) is 5.82 Å². The molecule has 7 nitrogen and oxygen atoms in total. The molecule has 2 N–H and O–H groups in total. The van der Waals surface area contributed by atoms with Crippen molar-refractivity contribution in [3.05, 3.63) is 70.4 Å². The summed E-state index contributed by atoms with van der Waals surface area (Å²) in [6.07, 6.45) is 5.06. The van der Waals surface area contributed by atoms with Crippen molar-refractivity contribution in [2.45, 2.75) is 6.92 Å². The summed E-state index contributed by atoms with van der Waals surface area (Å²) in [5.74, 6) is -2.76. The first-order valence-corrected chi connectivity index (χ1v) is 8.85. The lowest BCUT2D eigenvalue weighted by atomic mass is 10.1. The molecule has 0 aliphatic heterocycles. The zero-order valence-electron chi connectivity index (χ0n) is 16.2. The maximum Gasteiger partial charge on any atom is 0.344 e. The number of benzene rings is 2. The lowest BCUT2D eigenvalue weighted by Gasteiger charge is -2.10. The Bertz CT molecular complexity index is 1090. The van der Waals surface area contributed by atoms with E-state index in [1.54, 1.807) is 25.2 Å². The van der Waals surface area contributed by atoms with E-state index in [0.29, 0.717) is 10.4 Å². The van der Waals surface area contributed by atoms with Crippen molar-refractivity contribution in [3.63, 3.8) is 0 Å². The lowest BCUT2D eigenvalue weighted by Crippen LogP contribution is -2.36. The summed E-state index contributed by atoms with van der Waals surface area (Å²) in [6.45, 7) is 4.75. The van der Waals surface area contributed by atoms with Crippen molar-refractivity contribution in [2.24, 2.45) is 0 Å². The molecule has 0 bridgehead atoms. The molecule has 0 heterocycles. The fourth-order valence-corrected chi connectivity index (χ4v) is 2.40. The van der Waals surface area contributed by atoms with E-state index in [0.717, 1.165) is 6.07 Å². The highest BCUT2D eigenvalue weighted by Crippen LogP contribution is 2.14. The summed E-state index contributed by atoms with van der Waals surface area (Å²) >= 11 is 0. The van der Waals surface area contributed by atoms with E-state index in [4.69, 9.17) is 14.6 Å². The number of nitrogens with one attached hydrogen (secondary N) is 1. The van der Waals surface area contributed by atoms with E-state index in [1.165, 1.54) is 30.3 Å². The van der Waals surface area contributed by atoms with Gasteiger partial charge >= 0.3 is 11.9 Å². The van der Waals surface area contributed by atoms with Crippen LogP contribution in [0.5, 0.6) is 11.5 Å². The molecular formula is C22H20FNO6. The van der Waals surface area contributed by atoms with Crippen LogP contribution in [0.1, 0.15) is 17.3 Å². The summed E-state index contributed by atoms with van der Waals surface area (Å²) in [5, 5.41) is 11.5. The van der Waals surface area contributed by atoms with Gasteiger partial charge in [0.15, 0.2) is 6.61 Å². The maximum absolute atomic E-state index is 13.3. The first kappa shape index (κ1) is 22.4. The van der Waals surface area contributed by atoms with Gasteiger partial charge in [-0.15, -0.1) is 0 Å². The van der Waals surface area contributed by atoms with Crippen molar-refractivity contribution in [1.29, 1.82) is 0 Å². The number of amides is 1. The van der Waals surface area contributed by atoms with Crippen molar-refractivity contribution >= 4 is 30.5 Å². The molecule has 0 saturated heterocycles. The molecule has 2 aromatic rings. The number of carbonyl (C=O) groups is 3. The fraction of sp³-hybridized carbons (Fsp3) is 0.136. The zero-order chi connectivity index (χ0) is 22.1. The van der Waals surface area contributed by atoms with Crippen LogP contribution in [0.3, 0.4) is 0 Å². The zero-order valence-corrected chi connectivity index (χ0v) is 16.2. The molecule has 30 heavy (non-hydrogen) atoms. The number of carbonyl (C=O) groups excluding carboxylic acids is 2. The Morgan fingerprint density at radius 3 is 2.67 bits per heavy atom. The first-order valence-electron chi connectivity index (χ1n) is 8.85. The number of carboxylic acid groups (broad SMARTS) is 1. The quantitative estimate of drug-likeness (QED) is 0.501. The molecule has 0 atom stereocenters. The molecule has 156 valence electrons. The van der Waals surface area contributed by atoms with E-state index in [1.807, 2.05) is 0 Å². The highest BCUT2D eigenvalue weighted by atomic mass is 19.1. The highest BCUT2D eigenvalue weighted by Gasteiger charge is 2.14. The molecule has 8 heteroatoms. The molecule has 2 aromatic carbocycles. The summed E-state index contributed by atoms with van der Waals surface area (Å²) in [7, 11) is 0. The van der Waals surface area contributed by atoms with E-state index < -0.39 is 36.8 Å². The van der Waals surface area contributed by atoms with Gasteiger partial charge in [0.2, 0.25) is 0 Å². The number of allylic oxidation sites excluding steroid dienone is 2. The Morgan fingerprint density at radius 2 is 2.00 bits per heavy atom. The number of halogens is 1. The molecule has 0 spiro atoms. The van der Waals surface area contributed by atoms with Gasteiger partial charge in [-0.3, -0.25) is 9.59 Å². The molecular weight excluding hydrogens is 393 g/mol. The molecule has 0 fully saturated rings. The predicted octanol–water partition coefficient (Wildman–Crippen LogP) is 1.39. The molecule has 0 radical (unpaired) electrons. The third kappa shape index (κ3) is 6.30. The molecule has 0 aliphatic rings. The molecule has 2 rings (SSSR count). The summed E-state index contributed by atoms with van der Waals surface area (Å²) in [6, 6.07) is 8.08. The van der Waals surface area contributed by atoms with Gasteiger partial charge in [-0.25, -0.2) is 9.18 Å². The van der Waals surface area contributed by atoms with E-state index >= 15 is 0 Å². The first-order chi connectivity index (χ1) is 14.3. The summed E-state index contributed by atoms with van der Waals surface area (Å²) < 4.78 is 24.0. The lowest BCUT2D eigenvalue weighted by molar-refractivity contribution is -0.138. The van der Waals surface area contributed by atoms with Gasteiger partial charge in [0.05, 0.1) is 5.56 Å². The number of rotatable bonds is 8. The smallest absolute Gasteiger partial charge is 0.344 e. The SMILES string of the molecule is C=c1c(OCC(=O)NCC(=O)O)ccc(C(=O)Oc2cccc(F)c2)/c1=C/C=C\C. The number of hydrogen-bond acceptors (Lipinski definition) is 5. The Morgan fingerprint density at radius 1 is 1.23 bits per heavy atom. The number of esters is 1. The summed E-state index contributed by atoms with van der Waals surface area (Å²) in [4.78, 5) is 34.7. The molecule has 1 amide bonds. The Hall–Kier alpha value is -3.94. The number of hydrogen-bond donors (Lipinski definition) is 2. The minimum atomic E-state index is -1.18. The largest absolute Gasteiger partial charge is 0.483 e. The third-order valence-corrected chi connectivity index (χ3v) is 3.79. The van der Waals surface area contributed by atoms with Gasteiger partial charge in [0, 0.05) is 11.3 Å². The normalized spacial score (nSPS) is 11.3.